The van der Waals surface area contributed by atoms with E-state index in [-0.39, 0.29) is 5.91 Å². The summed E-state index contributed by atoms with van der Waals surface area (Å²) in [4.78, 5) is 16.1. The van der Waals surface area contributed by atoms with Gasteiger partial charge in [0.2, 0.25) is 5.91 Å². The Morgan fingerprint density at radius 2 is 2.14 bits per heavy atom. The number of carbonyl (C=O) groups is 1. The van der Waals surface area contributed by atoms with Crippen molar-refractivity contribution in [1.82, 2.24) is 10.3 Å². The van der Waals surface area contributed by atoms with Crippen molar-refractivity contribution in [1.29, 1.82) is 0 Å². The van der Waals surface area contributed by atoms with Gasteiger partial charge in [-0.15, -0.1) is 0 Å². The number of rotatable bonds is 5. The second kappa shape index (κ2) is 6.30. The average molecular weight is 296 g/mol. The molecule has 0 saturated carbocycles. The average Bonchev–Trinajstić information content (AvgIpc) is 3.00. The molecule has 3 aromatic rings. The standard InChI is InChI=1S/C17H16N2O3/c1-21-14-4-2-3-12(7-14)9-17(20)18-10-13-5-6-15-16(8-13)22-11-19-15/h2-8,11H,9-10H2,1H3,(H,18,20). The highest BCUT2D eigenvalue weighted by molar-refractivity contribution is 5.79. The fourth-order valence-corrected chi connectivity index (χ4v) is 2.24. The lowest BCUT2D eigenvalue weighted by Crippen LogP contribution is -2.24. The lowest BCUT2D eigenvalue weighted by atomic mass is 10.1. The number of amides is 1. The van der Waals surface area contributed by atoms with Crippen LogP contribution in [-0.2, 0) is 17.8 Å². The third-order valence-electron chi connectivity index (χ3n) is 3.38. The Labute approximate surface area is 127 Å². The first-order chi connectivity index (χ1) is 10.7. The summed E-state index contributed by atoms with van der Waals surface area (Å²) in [6.45, 7) is 0.458. The van der Waals surface area contributed by atoms with Crippen LogP contribution in [0, 0.1) is 0 Å². The van der Waals surface area contributed by atoms with Gasteiger partial charge in [-0.1, -0.05) is 18.2 Å². The zero-order valence-corrected chi connectivity index (χ0v) is 12.2. The lowest BCUT2D eigenvalue weighted by molar-refractivity contribution is -0.120. The van der Waals surface area contributed by atoms with Gasteiger partial charge < -0.3 is 14.5 Å². The SMILES string of the molecule is COc1cccc(CC(=O)NCc2ccc3ncoc3c2)c1. The van der Waals surface area contributed by atoms with Crippen molar-refractivity contribution in [3.05, 3.63) is 60.0 Å². The first kappa shape index (κ1) is 14.1. The van der Waals surface area contributed by atoms with Gasteiger partial charge in [0.25, 0.3) is 0 Å². The molecule has 0 radical (unpaired) electrons. The molecule has 0 atom stereocenters. The Morgan fingerprint density at radius 1 is 1.23 bits per heavy atom. The van der Waals surface area contributed by atoms with Gasteiger partial charge in [-0.05, 0) is 35.4 Å². The van der Waals surface area contributed by atoms with E-state index < -0.39 is 0 Å². The Hall–Kier alpha value is -2.82. The van der Waals surface area contributed by atoms with Crippen molar-refractivity contribution < 1.29 is 13.9 Å². The molecular formula is C17H16N2O3. The first-order valence-electron chi connectivity index (χ1n) is 6.96. The van der Waals surface area contributed by atoms with Gasteiger partial charge in [-0.3, -0.25) is 4.79 Å². The Kier molecular flexibility index (Phi) is 4.05. The minimum atomic E-state index is -0.0362. The summed E-state index contributed by atoms with van der Waals surface area (Å²) >= 11 is 0. The molecule has 1 N–H and O–H groups in total. The molecule has 0 spiro atoms. The summed E-state index contributed by atoms with van der Waals surface area (Å²) in [5.41, 5.74) is 3.43. The Balaban J connectivity index is 1.59. The number of nitrogens with one attached hydrogen (secondary N) is 1. The fraction of sp³-hybridized carbons (Fsp3) is 0.176. The third-order valence-corrected chi connectivity index (χ3v) is 3.38. The van der Waals surface area contributed by atoms with Gasteiger partial charge in [-0.25, -0.2) is 4.98 Å². The molecule has 5 heteroatoms. The molecule has 1 heterocycles. The normalized spacial score (nSPS) is 10.6. The number of nitrogens with zero attached hydrogens (tertiary/aromatic N) is 1. The van der Waals surface area contributed by atoms with Crippen LogP contribution in [0.4, 0.5) is 0 Å². The molecule has 0 aliphatic rings. The second-order valence-corrected chi connectivity index (χ2v) is 4.96. The monoisotopic (exact) mass is 296 g/mol. The summed E-state index contributed by atoms with van der Waals surface area (Å²) < 4.78 is 10.4. The molecule has 2 aromatic carbocycles. The largest absolute Gasteiger partial charge is 0.497 e. The zero-order chi connectivity index (χ0) is 15.4. The van der Waals surface area contributed by atoms with E-state index in [1.165, 1.54) is 6.39 Å². The number of aromatic nitrogens is 1. The maximum atomic E-state index is 12.0. The lowest BCUT2D eigenvalue weighted by Gasteiger charge is -2.07. The predicted octanol–water partition coefficient (Wildman–Crippen LogP) is 2.70. The molecule has 0 aliphatic carbocycles. The van der Waals surface area contributed by atoms with Crippen LogP contribution in [0.25, 0.3) is 11.1 Å². The van der Waals surface area contributed by atoms with E-state index in [0.29, 0.717) is 13.0 Å². The summed E-state index contributed by atoms with van der Waals surface area (Å²) in [7, 11) is 1.61. The smallest absolute Gasteiger partial charge is 0.224 e. The summed E-state index contributed by atoms with van der Waals surface area (Å²) in [6, 6.07) is 13.2. The summed E-state index contributed by atoms with van der Waals surface area (Å²) in [5.74, 6) is 0.715. The Bertz CT molecular complexity index is 795. The molecule has 0 saturated heterocycles. The number of oxazole rings is 1. The first-order valence-corrected chi connectivity index (χ1v) is 6.96. The van der Waals surface area contributed by atoms with Crippen molar-refractivity contribution in [2.24, 2.45) is 0 Å². The topological polar surface area (TPSA) is 64.4 Å². The zero-order valence-electron chi connectivity index (χ0n) is 12.2. The van der Waals surface area contributed by atoms with Crippen molar-refractivity contribution >= 4 is 17.0 Å². The molecule has 0 aliphatic heterocycles. The van der Waals surface area contributed by atoms with Crippen LogP contribution in [0.1, 0.15) is 11.1 Å². The molecule has 5 nitrogen and oxygen atoms in total. The van der Waals surface area contributed by atoms with E-state index in [4.69, 9.17) is 9.15 Å². The van der Waals surface area contributed by atoms with Crippen molar-refractivity contribution in [2.45, 2.75) is 13.0 Å². The number of benzene rings is 2. The van der Waals surface area contributed by atoms with Gasteiger partial charge in [-0.2, -0.15) is 0 Å². The van der Waals surface area contributed by atoms with Crippen LogP contribution in [-0.4, -0.2) is 18.0 Å². The Morgan fingerprint density at radius 3 is 3.00 bits per heavy atom. The highest BCUT2D eigenvalue weighted by Gasteiger charge is 2.06. The van der Waals surface area contributed by atoms with Crippen LogP contribution in [0.5, 0.6) is 5.75 Å². The van der Waals surface area contributed by atoms with Crippen molar-refractivity contribution in [2.75, 3.05) is 7.11 Å². The highest BCUT2D eigenvalue weighted by Crippen LogP contribution is 2.15. The molecule has 112 valence electrons. The molecule has 1 aromatic heterocycles. The molecule has 0 unspecified atom stereocenters. The number of carbonyl (C=O) groups excluding carboxylic acids is 1. The van der Waals surface area contributed by atoms with Gasteiger partial charge in [0, 0.05) is 6.54 Å². The molecule has 0 bridgehead atoms. The van der Waals surface area contributed by atoms with E-state index in [1.54, 1.807) is 7.11 Å². The summed E-state index contributed by atoms with van der Waals surface area (Å²) in [6.07, 6.45) is 1.73. The van der Waals surface area contributed by atoms with Gasteiger partial charge >= 0.3 is 0 Å². The number of ether oxygens (including phenoxy) is 1. The van der Waals surface area contributed by atoms with E-state index in [0.717, 1.165) is 28.0 Å². The van der Waals surface area contributed by atoms with E-state index in [9.17, 15) is 4.79 Å². The van der Waals surface area contributed by atoms with Crippen LogP contribution in [0.15, 0.2) is 53.3 Å². The van der Waals surface area contributed by atoms with Crippen LogP contribution in [0.3, 0.4) is 0 Å². The van der Waals surface area contributed by atoms with E-state index in [1.807, 2.05) is 42.5 Å². The van der Waals surface area contributed by atoms with E-state index >= 15 is 0 Å². The van der Waals surface area contributed by atoms with Crippen molar-refractivity contribution in [3.63, 3.8) is 0 Å². The van der Waals surface area contributed by atoms with Gasteiger partial charge in [0.15, 0.2) is 12.0 Å². The maximum Gasteiger partial charge on any atom is 0.224 e. The second-order valence-electron chi connectivity index (χ2n) is 4.96. The maximum absolute atomic E-state index is 12.0. The van der Waals surface area contributed by atoms with Crippen LogP contribution < -0.4 is 10.1 Å². The number of methoxy groups -OCH3 is 1. The molecule has 1 amide bonds. The van der Waals surface area contributed by atoms with Crippen LogP contribution in [0.2, 0.25) is 0 Å². The van der Waals surface area contributed by atoms with Gasteiger partial charge in [0.05, 0.1) is 13.5 Å². The fourth-order valence-electron chi connectivity index (χ4n) is 2.24. The molecule has 3 rings (SSSR count). The van der Waals surface area contributed by atoms with Gasteiger partial charge in [0.1, 0.15) is 11.3 Å². The number of hydrogen-bond donors (Lipinski definition) is 1. The minimum absolute atomic E-state index is 0.0362. The van der Waals surface area contributed by atoms with Crippen molar-refractivity contribution in [3.8, 4) is 5.75 Å². The predicted molar refractivity (Wildman–Crippen MR) is 82.6 cm³/mol. The number of fused-ring (bicyclic) bond motifs is 1. The third kappa shape index (κ3) is 3.25. The summed E-state index contributed by atoms with van der Waals surface area (Å²) in [5, 5.41) is 2.90. The number of hydrogen-bond acceptors (Lipinski definition) is 4. The highest BCUT2D eigenvalue weighted by atomic mass is 16.5. The quantitative estimate of drug-likeness (QED) is 0.786. The molecular weight excluding hydrogens is 280 g/mol. The molecule has 22 heavy (non-hydrogen) atoms. The molecule has 0 fully saturated rings. The van der Waals surface area contributed by atoms with Crippen LogP contribution >= 0.6 is 0 Å². The minimum Gasteiger partial charge on any atom is -0.497 e. The van der Waals surface area contributed by atoms with E-state index in [2.05, 4.69) is 10.3 Å².